The number of hydrogen-bond donors (Lipinski definition) is 1. The van der Waals surface area contributed by atoms with Crippen molar-refractivity contribution in [3.8, 4) is 0 Å². The Labute approximate surface area is 189 Å². The predicted molar refractivity (Wildman–Crippen MR) is 123 cm³/mol. The number of nitro benzene ring substituents is 1. The molecule has 6 heteroatoms. The van der Waals surface area contributed by atoms with Crippen LogP contribution in [-0.4, -0.2) is 40.0 Å². The Morgan fingerprint density at radius 1 is 1.16 bits per heavy atom. The molecule has 32 heavy (non-hydrogen) atoms. The Morgan fingerprint density at radius 2 is 1.88 bits per heavy atom. The second kappa shape index (κ2) is 7.27. The largest absolute Gasteiger partial charge is 0.388 e. The molecule has 1 aliphatic heterocycles. The second-order valence-corrected chi connectivity index (χ2v) is 10.8. The smallest absolute Gasteiger partial charge is 0.269 e. The number of nitrogens with zero attached hydrogens (tertiary/aromatic N) is 2. The van der Waals surface area contributed by atoms with E-state index < -0.39 is 11.0 Å². The van der Waals surface area contributed by atoms with E-state index in [0.717, 1.165) is 43.2 Å². The molecule has 3 saturated carbocycles. The number of benzene rings is 1. The first-order valence-corrected chi connectivity index (χ1v) is 11.7. The number of rotatable bonds is 2. The molecule has 1 aromatic carbocycles. The Bertz CT molecular complexity index is 1020. The number of carbonyl (C=O) groups excluding carboxylic acids is 1. The fourth-order valence-electron chi connectivity index (χ4n) is 7.64. The molecule has 0 bridgehead atoms. The molecule has 0 saturated heterocycles. The molecule has 170 valence electrons. The third-order valence-corrected chi connectivity index (χ3v) is 9.45. The molecular formula is C26H32N2O4. The molecule has 0 unspecified atom stereocenters. The standard InChI is InChI=1S/C26H32N2O4/c1-25-13-11-23(29)27(3)22(25)9-8-19-20(25)10-12-26(2)21(19)15-17(24(26)30)14-16-4-6-18(7-5-16)28(31)32/h4-7,11,13-14,19-22,24,30H,8-10,12,15H2,1-3H3/t19-,20+,21+,22-,24+,25-,26+/m1/s1. The van der Waals surface area contributed by atoms with E-state index in [1.54, 1.807) is 18.2 Å². The van der Waals surface area contributed by atoms with Gasteiger partial charge in [0.1, 0.15) is 0 Å². The van der Waals surface area contributed by atoms with Gasteiger partial charge < -0.3 is 10.0 Å². The SMILES string of the molecule is CN1C(=O)C=C[C@]2(C)[C@H]3CC[C@]4(C)[C@@H](O)C(=Cc5ccc([N+](=O)[O-])cc5)C[C@H]4[C@@H]3CC[C@@H]12. The lowest BCUT2D eigenvalue weighted by Gasteiger charge is -2.59. The highest BCUT2D eigenvalue weighted by molar-refractivity contribution is 5.89. The van der Waals surface area contributed by atoms with Crippen LogP contribution in [0.15, 0.2) is 42.0 Å². The summed E-state index contributed by atoms with van der Waals surface area (Å²) in [7, 11) is 1.94. The fourth-order valence-corrected chi connectivity index (χ4v) is 7.64. The van der Waals surface area contributed by atoms with Gasteiger partial charge in [-0.05, 0) is 79.2 Å². The van der Waals surface area contributed by atoms with Gasteiger partial charge in [-0.3, -0.25) is 14.9 Å². The lowest BCUT2D eigenvalue weighted by molar-refractivity contribution is -0.384. The van der Waals surface area contributed by atoms with Crippen LogP contribution in [0.3, 0.4) is 0 Å². The van der Waals surface area contributed by atoms with Gasteiger partial charge in [0, 0.05) is 36.1 Å². The van der Waals surface area contributed by atoms with Crippen molar-refractivity contribution in [3.63, 3.8) is 0 Å². The van der Waals surface area contributed by atoms with E-state index in [4.69, 9.17) is 0 Å². The Kier molecular flexibility index (Phi) is 4.86. The Hall–Kier alpha value is -2.47. The van der Waals surface area contributed by atoms with Gasteiger partial charge in [0.2, 0.25) is 5.91 Å². The number of hydrogen-bond acceptors (Lipinski definition) is 4. The number of amides is 1. The average Bonchev–Trinajstić information content (AvgIpc) is 3.02. The highest BCUT2D eigenvalue weighted by Gasteiger charge is 2.61. The van der Waals surface area contributed by atoms with E-state index in [0.29, 0.717) is 17.8 Å². The number of likely N-dealkylation sites (N-methyl/N-ethyl adjacent to an activating group) is 1. The lowest BCUT2D eigenvalue weighted by Crippen LogP contribution is -2.59. The topological polar surface area (TPSA) is 83.7 Å². The van der Waals surface area contributed by atoms with Crippen LogP contribution in [-0.2, 0) is 4.79 Å². The highest BCUT2D eigenvalue weighted by atomic mass is 16.6. The minimum Gasteiger partial charge on any atom is -0.388 e. The summed E-state index contributed by atoms with van der Waals surface area (Å²) < 4.78 is 0. The van der Waals surface area contributed by atoms with Crippen LogP contribution in [0.25, 0.3) is 6.08 Å². The zero-order chi connectivity index (χ0) is 22.8. The summed E-state index contributed by atoms with van der Waals surface area (Å²) in [4.78, 5) is 24.8. The molecule has 1 N–H and O–H groups in total. The quantitative estimate of drug-likeness (QED) is 0.543. The van der Waals surface area contributed by atoms with Crippen molar-refractivity contribution < 1.29 is 14.8 Å². The predicted octanol–water partition coefficient (Wildman–Crippen LogP) is 4.59. The van der Waals surface area contributed by atoms with Crippen molar-refractivity contribution in [1.29, 1.82) is 0 Å². The van der Waals surface area contributed by atoms with Gasteiger partial charge in [0.15, 0.2) is 0 Å². The van der Waals surface area contributed by atoms with Crippen LogP contribution in [0.4, 0.5) is 5.69 Å². The summed E-state index contributed by atoms with van der Waals surface area (Å²) in [6, 6.07) is 6.82. The lowest BCUT2D eigenvalue weighted by atomic mass is 9.48. The average molecular weight is 437 g/mol. The van der Waals surface area contributed by atoms with Crippen LogP contribution in [0.1, 0.15) is 51.5 Å². The molecule has 1 amide bonds. The molecule has 3 aliphatic carbocycles. The molecule has 0 spiro atoms. The van der Waals surface area contributed by atoms with Crippen molar-refractivity contribution in [2.45, 2.75) is 58.1 Å². The first-order chi connectivity index (χ1) is 15.1. The van der Waals surface area contributed by atoms with Crippen molar-refractivity contribution >= 4 is 17.7 Å². The van der Waals surface area contributed by atoms with Gasteiger partial charge in [0.05, 0.1) is 11.0 Å². The van der Waals surface area contributed by atoms with Crippen LogP contribution < -0.4 is 0 Å². The Morgan fingerprint density at radius 3 is 2.56 bits per heavy atom. The van der Waals surface area contributed by atoms with Crippen molar-refractivity contribution in [3.05, 3.63) is 57.7 Å². The van der Waals surface area contributed by atoms with E-state index in [-0.39, 0.29) is 28.5 Å². The van der Waals surface area contributed by atoms with Crippen molar-refractivity contribution in [2.75, 3.05) is 7.05 Å². The van der Waals surface area contributed by atoms with Crippen LogP contribution >= 0.6 is 0 Å². The van der Waals surface area contributed by atoms with Crippen LogP contribution in [0, 0.1) is 38.7 Å². The van der Waals surface area contributed by atoms with Gasteiger partial charge >= 0.3 is 0 Å². The van der Waals surface area contributed by atoms with Crippen LogP contribution in [0.2, 0.25) is 0 Å². The third-order valence-electron chi connectivity index (χ3n) is 9.45. The molecule has 4 aliphatic rings. The molecule has 0 radical (unpaired) electrons. The van der Waals surface area contributed by atoms with Gasteiger partial charge in [-0.2, -0.15) is 0 Å². The molecule has 5 rings (SSSR count). The second-order valence-electron chi connectivity index (χ2n) is 10.8. The van der Waals surface area contributed by atoms with E-state index in [9.17, 15) is 20.0 Å². The summed E-state index contributed by atoms with van der Waals surface area (Å²) in [5.41, 5.74) is 1.87. The first-order valence-electron chi connectivity index (χ1n) is 11.7. The number of fused-ring (bicyclic) bond motifs is 5. The third kappa shape index (κ3) is 2.99. The van der Waals surface area contributed by atoms with E-state index in [1.807, 2.05) is 18.0 Å². The number of aliphatic hydroxyl groups excluding tert-OH is 1. The zero-order valence-corrected chi connectivity index (χ0v) is 19.0. The molecule has 6 nitrogen and oxygen atoms in total. The minimum atomic E-state index is -0.486. The number of aliphatic hydroxyl groups is 1. The zero-order valence-electron chi connectivity index (χ0n) is 19.0. The van der Waals surface area contributed by atoms with Crippen molar-refractivity contribution in [2.24, 2.45) is 28.6 Å². The molecule has 3 fully saturated rings. The molecular weight excluding hydrogens is 404 g/mol. The summed E-state index contributed by atoms with van der Waals surface area (Å²) >= 11 is 0. The molecule has 1 aromatic rings. The first kappa shape index (κ1) is 21.4. The van der Waals surface area contributed by atoms with Gasteiger partial charge in [-0.15, -0.1) is 0 Å². The molecule has 1 heterocycles. The monoisotopic (exact) mass is 436 g/mol. The number of non-ortho nitro benzene ring substituents is 1. The van der Waals surface area contributed by atoms with Gasteiger partial charge in [-0.1, -0.05) is 26.0 Å². The maximum atomic E-state index is 12.3. The Balaban J connectivity index is 1.44. The maximum Gasteiger partial charge on any atom is 0.269 e. The highest BCUT2D eigenvalue weighted by Crippen LogP contribution is 2.65. The minimum absolute atomic E-state index is 0.0112. The summed E-state index contributed by atoms with van der Waals surface area (Å²) in [6.45, 7) is 4.58. The maximum absolute atomic E-state index is 12.3. The molecule has 0 aromatic heterocycles. The fraction of sp³-hybridized carbons (Fsp3) is 0.577. The van der Waals surface area contributed by atoms with Gasteiger partial charge in [-0.25, -0.2) is 0 Å². The van der Waals surface area contributed by atoms with Gasteiger partial charge in [0.25, 0.3) is 5.69 Å². The van der Waals surface area contributed by atoms with Crippen molar-refractivity contribution in [1.82, 2.24) is 4.90 Å². The molecule has 7 atom stereocenters. The van der Waals surface area contributed by atoms with Crippen LogP contribution in [0.5, 0.6) is 0 Å². The van der Waals surface area contributed by atoms with E-state index in [1.165, 1.54) is 12.1 Å². The number of carbonyl (C=O) groups is 1. The summed E-state index contributed by atoms with van der Waals surface area (Å²) in [5, 5.41) is 22.3. The normalized spacial score (nSPS) is 41.9. The summed E-state index contributed by atoms with van der Waals surface area (Å²) in [5.74, 6) is 1.56. The number of nitro groups is 1. The van der Waals surface area contributed by atoms with E-state index in [2.05, 4.69) is 19.9 Å². The van der Waals surface area contributed by atoms with E-state index >= 15 is 0 Å². The summed E-state index contributed by atoms with van der Waals surface area (Å²) in [6.07, 6.45) is 10.5.